The highest BCUT2D eigenvalue weighted by Crippen LogP contribution is 2.11. The van der Waals surface area contributed by atoms with Crippen molar-refractivity contribution in [1.29, 1.82) is 5.41 Å². The van der Waals surface area contributed by atoms with E-state index in [2.05, 4.69) is 10.0 Å². The van der Waals surface area contributed by atoms with Gasteiger partial charge in [-0.25, -0.2) is 8.42 Å². The number of hydrogen-bond donors (Lipinski definition) is 5. The van der Waals surface area contributed by atoms with E-state index in [1.807, 2.05) is 0 Å². The first-order valence-electron chi connectivity index (χ1n) is 10.1. The lowest BCUT2D eigenvalue weighted by Gasteiger charge is -2.15. The Kier molecular flexibility index (Phi) is 9.25. The van der Waals surface area contributed by atoms with E-state index >= 15 is 0 Å². The van der Waals surface area contributed by atoms with Crippen LogP contribution in [0.15, 0.2) is 59.5 Å². The molecule has 1 atom stereocenters. The second kappa shape index (κ2) is 11.9. The van der Waals surface area contributed by atoms with Gasteiger partial charge in [0, 0.05) is 30.5 Å². The molecule has 33 heavy (non-hydrogen) atoms. The third kappa shape index (κ3) is 8.13. The molecule has 10 nitrogen and oxygen atoms in total. The number of nitrogen functional groups attached to an aromatic ring is 1. The molecule has 0 aliphatic carbocycles. The van der Waals surface area contributed by atoms with Crippen LogP contribution in [0.4, 0.5) is 0 Å². The summed E-state index contributed by atoms with van der Waals surface area (Å²) in [5.74, 6) is -2.06. The molecule has 6 N–H and O–H groups in total. The van der Waals surface area contributed by atoms with Crippen LogP contribution >= 0.6 is 0 Å². The van der Waals surface area contributed by atoms with Crippen LogP contribution in [0, 0.1) is 5.41 Å². The van der Waals surface area contributed by atoms with Crippen LogP contribution in [0.25, 0.3) is 0 Å². The molecule has 176 valence electrons. The predicted octanol–water partition coefficient (Wildman–Crippen LogP) is 1.26. The highest BCUT2D eigenvalue weighted by Gasteiger charge is 2.25. The molecule has 0 saturated heterocycles. The second-order valence-electron chi connectivity index (χ2n) is 7.25. The quantitative estimate of drug-likeness (QED) is 0.125. The Morgan fingerprint density at radius 3 is 2.09 bits per heavy atom. The molecule has 1 amide bonds. The van der Waals surface area contributed by atoms with Gasteiger partial charge in [-0.3, -0.25) is 19.8 Å². The summed E-state index contributed by atoms with van der Waals surface area (Å²) in [7, 11) is -4.06. The Morgan fingerprint density at radius 2 is 1.52 bits per heavy atom. The number of sulfonamides is 1. The fourth-order valence-corrected chi connectivity index (χ4v) is 4.10. The van der Waals surface area contributed by atoms with Crippen LogP contribution in [0.5, 0.6) is 0 Å². The molecule has 0 heterocycles. The van der Waals surface area contributed by atoms with E-state index < -0.39 is 34.5 Å². The number of hydrogen-bond acceptors (Lipinski definition) is 6. The summed E-state index contributed by atoms with van der Waals surface area (Å²) in [4.78, 5) is 35.6. The summed E-state index contributed by atoms with van der Waals surface area (Å²) in [6, 6.07) is 12.2. The minimum absolute atomic E-state index is 0.0638. The van der Waals surface area contributed by atoms with Gasteiger partial charge in [-0.05, 0) is 25.0 Å². The Hall–Kier alpha value is -3.57. The number of Topliss-reactive ketones (excluding diaryl/α,β-unsaturated/α-hetero) is 1. The number of amidine groups is 1. The largest absolute Gasteiger partial charge is 0.480 e. The molecular formula is C22H26N4O6S. The zero-order valence-corrected chi connectivity index (χ0v) is 18.6. The van der Waals surface area contributed by atoms with Gasteiger partial charge >= 0.3 is 5.97 Å². The van der Waals surface area contributed by atoms with Crippen LogP contribution in [0.3, 0.4) is 0 Å². The van der Waals surface area contributed by atoms with Crippen LogP contribution in [-0.4, -0.2) is 49.6 Å². The number of carbonyl (C=O) groups is 3. The topological polar surface area (TPSA) is 180 Å². The van der Waals surface area contributed by atoms with Crippen LogP contribution in [0.1, 0.15) is 41.6 Å². The lowest BCUT2D eigenvalue weighted by atomic mass is 10.0. The van der Waals surface area contributed by atoms with Crippen molar-refractivity contribution in [3.05, 3.63) is 65.7 Å². The SMILES string of the molecule is N=C(N)c1ccc(C(=O)CCCCC(=O)NCC(NS(=O)(=O)c2ccccc2)C(=O)O)cc1. The van der Waals surface area contributed by atoms with Gasteiger partial charge in [0.1, 0.15) is 11.9 Å². The molecule has 2 aromatic rings. The maximum Gasteiger partial charge on any atom is 0.323 e. The number of nitrogens with two attached hydrogens (primary N) is 1. The van der Waals surface area contributed by atoms with E-state index in [-0.39, 0.29) is 29.4 Å². The third-order valence-electron chi connectivity index (χ3n) is 4.73. The van der Waals surface area contributed by atoms with Crippen molar-refractivity contribution in [2.24, 2.45) is 5.73 Å². The van der Waals surface area contributed by atoms with E-state index in [9.17, 15) is 27.9 Å². The molecule has 1 unspecified atom stereocenters. The molecule has 0 spiro atoms. The van der Waals surface area contributed by atoms with Crippen LogP contribution in [-0.2, 0) is 19.6 Å². The van der Waals surface area contributed by atoms with Gasteiger partial charge in [0.25, 0.3) is 0 Å². The minimum Gasteiger partial charge on any atom is -0.480 e. The normalized spacial score (nSPS) is 12.0. The van der Waals surface area contributed by atoms with Gasteiger partial charge in [0.2, 0.25) is 15.9 Å². The molecule has 2 rings (SSSR count). The van der Waals surface area contributed by atoms with Crippen molar-refractivity contribution in [3.8, 4) is 0 Å². The summed E-state index contributed by atoms with van der Waals surface area (Å²) in [5, 5.41) is 19.0. The number of carboxylic acid groups (broad SMARTS) is 1. The summed E-state index contributed by atoms with van der Waals surface area (Å²) in [6.07, 6.45) is 1.13. The average molecular weight is 475 g/mol. The number of benzene rings is 2. The minimum atomic E-state index is -4.06. The molecule has 0 aliphatic rings. The second-order valence-corrected chi connectivity index (χ2v) is 8.96. The number of amides is 1. The number of nitrogens with one attached hydrogen (secondary N) is 3. The Morgan fingerprint density at radius 1 is 0.939 bits per heavy atom. The summed E-state index contributed by atoms with van der Waals surface area (Å²) >= 11 is 0. The molecule has 2 aromatic carbocycles. The van der Waals surface area contributed by atoms with E-state index in [4.69, 9.17) is 11.1 Å². The Bertz CT molecular complexity index is 1100. The van der Waals surface area contributed by atoms with E-state index in [1.54, 1.807) is 30.3 Å². The highest BCUT2D eigenvalue weighted by molar-refractivity contribution is 7.89. The highest BCUT2D eigenvalue weighted by atomic mass is 32.2. The van der Waals surface area contributed by atoms with Crippen molar-refractivity contribution in [3.63, 3.8) is 0 Å². The fourth-order valence-electron chi connectivity index (χ4n) is 2.89. The predicted molar refractivity (Wildman–Crippen MR) is 121 cm³/mol. The monoisotopic (exact) mass is 474 g/mol. The Labute approximate surface area is 191 Å². The zero-order valence-electron chi connectivity index (χ0n) is 17.8. The average Bonchev–Trinajstić information content (AvgIpc) is 2.79. The van der Waals surface area contributed by atoms with Crippen molar-refractivity contribution in [1.82, 2.24) is 10.0 Å². The third-order valence-corrected chi connectivity index (χ3v) is 6.22. The maximum atomic E-state index is 12.3. The fraction of sp³-hybridized carbons (Fsp3) is 0.273. The Balaban J connectivity index is 1.76. The van der Waals surface area contributed by atoms with Crippen molar-refractivity contribution < 1.29 is 27.9 Å². The number of aliphatic carboxylic acids is 1. The molecule has 0 saturated carbocycles. The van der Waals surface area contributed by atoms with Crippen LogP contribution in [0.2, 0.25) is 0 Å². The van der Waals surface area contributed by atoms with Gasteiger partial charge in [-0.15, -0.1) is 0 Å². The van der Waals surface area contributed by atoms with Crippen molar-refractivity contribution >= 4 is 33.5 Å². The summed E-state index contributed by atoms with van der Waals surface area (Å²) in [5.41, 5.74) is 6.38. The number of carboxylic acids is 1. The lowest BCUT2D eigenvalue weighted by molar-refractivity contribution is -0.138. The van der Waals surface area contributed by atoms with Gasteiger partial charge in [0.15, 0.2) is 5.78 Å². The number of ketones is 1. The number of rotatable bonds is 13. The van der Waals surface area contributed by atoms with E-state index in [0.29, 0.717) is 24.0 Å². The molecule has 11 heteroatoms. The van der Waals surface area contributed by atoms with Gasteiger partial charge < -0.3 is 16.2 Å². The number of carbonyl (C=O) groups excluding carboxylic acids is 2. The first-order chi connectivity index (χ1) is 15.6. The van der Waals surface area contributed by atoms with Crippen molar-refractivity contribution in [2.45, 2.75) is 36.6 Å². The lowest BCUT2D eigenvalue weighted by Crippen LogP contribution is -2.48. The summed E-state index contributed by atoms with van der Waals surface area (Å²) < 4.78 is 26.7. The summed E-state index contributed by atoms with van der Waals surface area (Å²) in [6.45, 7) is -0.415. The first kappa shape index (κ1) is 25.7. The molecule has 0 fully saturated rings. The maximum absolute atomic E-state index is 12.3. The number of unbranched alkanes of at least 4 members (excludes halogenated alkanes) is 1. The van der Waals surface area contributed by atoms with Crippen LogP contribution < -0.4 is 15.8 Å². The van der Waals surface area contributed by atoms with E-state index in [1.165, 1.54) is 24.3 Å². The molecule has 0 bridgehead atoms. The first-order valence-corrected chi connectivity index (χ1v) is 11.6. The van der Waals surface area contributed by atoms with Gasteiger partial charge in [-0.1, -0.05) is 42.5 Å². The zero-order chi connectivity index (χ0) is 24.4. The molecule has 0 aliphatic heterocycles. The molecular weight excluding hydrogens is 448 g/mol. The smallest absolute Gasteiger partial charge is 0.323 e. The molecule has 0 radical (unpaired) electrons. The molecule has 0 aromatic heterocycles. The van der Waals surface area contributed by atoms with Gasteiger partial charge in [-0.2, -0.15) is 4.72 Å². The van der Waals surface area contributed by atoms with Gasteiger partial charge in [0.05, 0.1) is 4.90 Å². The standard InChI is InChI=1S/C22H26N4O6S/c23-21(24)16-12-10-15(11-13-16)19(27)8-4-5-9-20(28)25-14-18(22(29)30)26-33(31,32)17-6-2-1-3-7-17/h1-3,6-7,10-13,18,26H,4-5,8-9,14H2,(H3,23,24)(H,25,28)(H,29,30). The van der Waals surface area contributed by atoms with E-state index in [0.717, 1.165) is 0 Å². The van der Waals surface area contributed by atoms with Crippen molar-refractivity contribution in [2.75, 3.05) is 6.54 Å².